The van der Waals surface area contributed by atoms with Crippen molar-refractivity contribution < 1.29 is 19.1 Å². The van der Waals surface area contributed by atoms with Gasteiger partial charge in [-0.1, -0.05) is 25.1 Å². The molecule has 1 unspecified atom stereocenters. The predicted octanol–water partition coefficient (Wildman–Crippen LogP) is 3.84. The number of carboxylic acids is 1. The number of likely N-dealkylation sites (tertiary alicyclic amines) is 1. The molecule has 0 saturated carbocycles. The summed E-state index contributed by atoms with van der Waals surface area (Å²) in [5.41, 5.74) is 0.970. The van der Waals surface area contributed by atoms with Crippen LogP contribution in [-0.2, 0) is 17.6 Å². The molecule has 1 fully saturated rings. The molecule has 5 heteroatoms. The number of carbonyl (C=O) groups excluding carboxylic acids is 1. The summed E-state index contributed by atoms with van der Waals surface area (Å²) in [6.07, 6.45) is 3.45. The molecule has 1 aliphatic rings. The lowest BCUT2D eigenvalue weighted by molar-refractivity contribution is -0.132. The molecule has 0 bridgehead atoms. The van der Waals surface area contributed by atoms with Gasteiger partial charge in [0.25, 0.3) is 0 Å². The Labute approximate surface area is 147 Å². The number of amides is 1. The van der Waals surface area contributed by atoms with Crippen molar-refractivity contribution in [1.82, 2.24) is 4.90 Å². The molecule has 1 aromatic heterocycles. The van der Waals surface area contributed by atoms with Crippen LogP contribution < -0.4 is 0 Å². The third-order valence-corrected chi connectivity index (χ3v) is 4.79. The summed E-state index contributed by atoms with van der Waals surface area (Å²) < 4.78 is 5.84. The van der Waals surface area contributed by atoms with Crippen LogP contribution in [0.25, 0.3) is 0 Å². The SMILES string of the molecule is CCc1ccc(C2CCCN2C(=O)CCc2ccccc2C(=O)O)o1. The molecule has 0 spiro atoms. The van der Waals surface area contributed by atoms with Crippen molar-refractivity contribution in [2.45, 2.75) is 45.1 Å². The molecule has 5 nitrogen and oxygen atoms in total. The van der Waals surface area contributed by atoms with Crippen LogP contribution in [0.1, 0.15) is 59.7 Å². The number of hydrogen-bond acceptors (Lipinski definition) is 3. The first-order chi connectivity index (χ1) is 12.1. The van der Waals surface area contributed by atoms with E-state index in [1.165, 1.54) is 0 Å². The standard InChI is InChI=1S/C20H23NO4/c1-2-15-10-11-18(25-15)17-8-5-13-21(17)19(22)12-9-14-6-3-4-7-16(14)20(23)24/h3-4,6-7,10-11,17H,2,5,8-9,12-13H2,1H3,(H,23,24). The number of aromatic carboxylic acids is 1. The van der Waals surface area contributed by atoms with Crippen LogP contribution in [0.2, 0.25) is 0 Å². The molecule has 1 amide bonds. The molecule has 2 heterocycles. The van der Waals surface area contributed by atoms with Gasteiger partial charge in [0.15, 0.2) is 0 Å². The van der Waals surface area contributed by atoms with Gasteiger partial charge in [-0.05, 0) is 43.0 Å². The van der Waals surface area contributed by atoms with E-state index in [0.29, 0.717) is 18.4 Å². The number of carboxylic acid groups (broad SMARTS) is 1. The number of furan rings is 1. The second kappa shape index (κ2) is 7.55. The smallest absolute Gasteiger partial charge is 0.335 e. The first kappa shape index (κ1) is 17.3. The van der Waals surface area contributed by atoms with Gasteiger partial charge >= 0.3 is 5.97 Å². The van der Waals surface area contributed by atoms with Crippen molar-refractivity contribution in [1.29, 1.82) is 0 Å². The van der Waals surface area contributed by atoms with E-state index in [-0.39, 0.29) is 17.5 Å². The minimum absolute atomic E-state index is 0.00233. The van der Waals surface area contributed by atoms with Crippen LogP contribution in [0.5, 0.6) is 0 Å². The second-order valence-electron chi connectivity index (χ2n) is 6.37. The summed E-state index contributed by atoms with van der Waals surface area (Å²) in [6, 6.07) is 10.8. The lowest BCUT2D eigenvalue weighted by atomic mass is 10.0. The lowest BCUT2D eigenvalue weighted by Gasteiger charge is -2.23. The number of benzene rings is 1. The van der Waals surface area contributed by atoms with Crippen molar-refractivity contribution in [2.75, 3.05) is 6.54 Å². The molecule has 1 aromatic carbocycles. The van der Waals surface area contributed by atoms with Crippen molar-refractivity contribution >= 4 is 11.9 Å². The van der Waals surface area contributed by atoms with Gasteiger partial charge in [-0.3, -0.25) is 4.79 Å². The predicted molar refractivity (Wildman–Crippen MR) is 93.5 cm³/mol. The Balaban J connectivity index is 1.67. The molecule has 1 N–H and O–H groups in total. The Morgan fingerprint density at radius 2 is 2.04 bits per heavy atom. The first-order valence-corrected chi connectivity index (χ1v) is 8.79. The van der Waals surface area contributed by atoms with Crippen molar-refractivity contribution in [3.8, 4) is 0 Å². The Morgan fingerprint density at radius 3 is 2.76 bits per heavy atom. The Bertz CT molecular complexity index is 765. The van der Waals surface area contributed by atoms with Gasteiger partial charge in [-0.15, -0.1) is 0 Å². The van der Waals surface area contributed by atoms with Gasteiger partial charge in [-0.2, -0.15) is 0 Å². The van der Waals surface area contributed by atoms with E-state index in [1.54, 1.807) is 24.3 Å². The van der Waals surface area contributed by atoms with E-state index >= 15 is 0 Å². The van der Waals surface area contributed by atoms with Crippen LogP contribution in [0, 0.1) is 0 Å². The van der Waals surface area contributed by atoms with Crippen LogP contribution in [0.15, 0.2) is 40.8 Å². The van der Waals surface area contributed by atoms with E-state index in [9.17, 15) is 14.7 Å². The maximum absolute atomic E-state index is 12.7. The maximum atomic E-state index is 12.7. The quantitative estimate of drug-likeness (QED) is 0.867. The Kier molecular flexibility index (Phi) is 5.22. The van der Waals surface area contributed by atoms with Gasteiger partial charge in [0.2, 0.25) is 5.91 Å². The van der Waals surface area contributed by atoms with E-state index in [0.717, 1.165) is 37.3 Å². The first-order valence-electron chi connectivity index (χ1n) is 8.79. The Morgan fingerprint density at radius 1 is 1.24 bits per heavy atom. The average molecular weight is 341 g/mol. The van der Waals surface area contributed by atoms with E-state index in [1.807, 2.05) is 24.0 Å². The van der Waals surface area contributed by atoms with Gasteiger partial charge in [0.1, 0.15) is 11.5 Å². The fourth-order valence-electron chi connectivity index (χ4n) is 3.46. The maximum Gasteiger partial charge on any atom is 0.335 e. The monoisotopic (exact) mass is 341 g/mol. The minimum Gasteiger partial charge on any atom is -0.478 e. The molecular weight excluding hydrogens is 318 g/mol. The summed E-state index contributed by atoms with van der Waals surface area (Å²) in [5.74, 6) is 0.889. The summed E-state index contributed by atoms with van der Waals surface area (Å²) >= 11 is 0. The summed E-state index contributed by atoms with van der Waals surface area (Å²) in [7, 11) is 0. The van der Waals surface area contributed by atoms with Gasteiger partial charge in [-0.25, -0.2) is 4.79 Å². The highest BCUT2D eigenvalue weighted by Crippen LogP contribution is 2.33. The summed E-state index contributed by atoms with van der Waals surface area (Å²) in [6.45, 7) is 2.77. The number of carbonyl (C=O) groups is 2. The number of hydrogen-bond donors (Lipinski definition) is 1. The zero-order valence-electron chi connectivity index (χ0n) is 14.4. The summed E-state index contributed by atoms with van der Waals surface area (Å²) in [5, 5.41) is 9.25. The second-order valence-corrected chi connectivity index (χ2v) is 6.37. The molecule has 3 rings (SSSR count). The molecule has 1 aliphatic heterocycles. The van der Waals surface area contributed by atoms with Crippen molar-refractivity contribution in [3.63, 3.8) is 0 Å². The van der Waals surface area contributed by atoms with E-state index < -0.39 is 5.97 Å². The molecule has 132 valence electrons. The largest absolute Gasteiger partial charge is 0.478 e. The topological polar surface area (TPSA) is 70.8 Å². The van der Waals surface area contributed by atoms with E-state index in [2.05, 4.69) is 0 Å². The van der Waals surface area contributed by atoms with Crippen LogP contribution >= 0.6 is 0 Å². The molecule has 1 atom stereocenters. The molecule has 0 radical (unpaired) electrons. The molecular formula is C20H23NO4. The zero-order valence-corrected chi connectivity index (χ0v) is 14.4. The van der Waals surface area contributed by atoms with Crippen LogP contribution in [0.3, 0.4) is 0 Å². The minimum atomic E-state index is -0.954. The highest BCUT2D eigenvalue weighted by Gasteiger charge is 2.31. The van der Waals surface area contributed by atoms with Crippen molar-refractivity contribution in [2.24, 2.45) is 0 Å². The average Bonchev–Trinajstić information content (AvgIpc) is 3.28. The lowest BCUT2D eigenvalue weighted by Crippen LogP contribution is -2.30. The number of rotatable bonds is 6. The third-order valence-electron chi connectivity index (χ3n) is 4.79. The van der Waals surface area contributed by atoms with Gasteiger partial charge in [0.05, 0.1) is 11.6 Å². The number of nitrogens with zero attached hydrogens (tertiary/aromatic N) is 1. The van der Waals surface area contributed by atoms with Gasteiger partial charge in [0, 0.05) is 19.4 Å². The third kappa shape index (κ3) is 3.76. The normalized spacial score (nSPS) is 17.0. The van der Waals surface area contributed by atoms with Gasteiger partial charge < -0.3 is 14.4 Å². The number of aryl methyl sites for hydroxylation is 2. The highest BCUT2D eigenvalue weighted by atomic mass is 16.4. The molecule has 25 heavy (non-hydrogen) atoms. The molecule has 2 aromatic rings. The fourth-order valence-corrected chi connectivity index (χ4v) is 3.46. The van der Waals surface area contributed by atoms with Crippen LogP contribution in [0.4, 0.5) is 0 Å². The Hall–Kier alpha value is -2.56. The highest BCUT2D eigenvalue weighted by molar-refractivity contribution is 5.89. The van der Waals surface area contributed by atoms with Crippen LogP contribution in [-0.4, -0.2) is 28.4 Å². The van der Waals surface area contributed by atoms with Crippen molar-refractivity contribution in [3.05, 3.63) is 59.0 Å². The fraction of sp³-hybridized carbons (Fsp3) is 0.400. The summed E-state index contributed by atoms with van der Waals surface area (Å²) in [4.78, 5) is 25.9. The zero-order chi connectivity index (χ0) is 17.8. The van der Waals surface area contributed by atoms with E-state index in [4.69, 9.17) is 4.42 Å². The molecule has 0 aliphatic carbocycles. The molecule has 1 saturated heterocycles.